The normalized spacial score (nSPS) is 10.2. The Morgan fingerprint density at radius 1 is 1.31 bits per heavy atom. The van der Waals surface area contributed by atoms with Gasteiger partial charge in [0, 0.05) is 6.20 Å². The first-order valence-electron chi connectivity index (χ1n) is 4.71. The Morgan fingerprint density at radius 3 is 2.75 bits per heavy atom. The van der Waals surface area contributed by atoms with E-state index < -0.39 is 5.82 Å². The molecule has 0 radical (unpaired) electrons. The molecule has 2 aromatic rings. The van der Waals surface area contributed by atoms with Gasteiger partial charge in [0.1, 0.15) is 5.75 Å². The molecule has 0 bridgehead atoms. The van der Waals surface area contributed by atoms with Gasteiger partial charge in [-0.15, -0.1) is 0 Å². The van der Waals surface area contributed by atoms with Gasteiger partial charge in [0.15, 0.2) is 5.82 Å². The minimum Gasteiger partial charge on any atom is -0.436 e. The summed E-state index contributed by atoms with van der Waals surface area (Å²) in [6.45, 7) is 1.88. The fraction of sp³-hybridized carbons (Fsp3) is 0.0833. The summed E-state index contributed by atoms with van der Waals surface area (Å²) in [6, 6.07) is 8.50. The van der Waals surface area contributed by atoms with E-state index in [1.54, 1.807) is 6.07 Å². The zero-order valence-corrected chi connectivity index (χ0v) is 9.33. The van der Waals surface area contributed by atoms with Crippen molar-refractivity contribution in [1.29, 1.82) is 0 Å². The smallest absolute Gasteiger partial charge is 0.255 e. The molecule has 4 heteroatoms. The summed E-state index contributed by atoms with van der Waals surface area (Å²) in [7, 11) is 0. The Balaban J connectivity index is 2.31. The first-order chi connectivity index (χ1) is 7.66. The molecule has 0 spiro atoms. The lowest BCUT2D eigenvalue weighted by Gasteiger charge is -2.07. The second kappa shape index (κ2) is 4.49. The third kappa shape index (κ3) is 2.31. The molecule has 0 fully saturated rings. The van der Waals surface area contributed by atoms with Crippen molar-refractivity contribution in [3.05, 3.63) is 52.9 Å². The third-order valence-electron chi connectivity index (χ3n) is 2.07. The van der Waals surface area contributed by atoms with Gasteiger partial charge in [-0.1, -0.05) is 29.8 Å². The lowest BCUT2D eigenvalue weighted by molar-refractivity contribution is 0.420. The predicted molar refractivity (Wildman–Crippen MR) is 60.5 cm³/mol. The van der Waals surface area contributed by atoms with Crippen molar-refractivity contribution in [1.82, 2.24) is 4.98 Å². The molecule has 0 saturated carbocycles. The van der Waals surface area contributed by atoms with Gasteiger partial charge < -0.3 is 4.74 Å². The van der Waals surface area contributed by atoms with Gasteiger partial charge in [-0.05, 0) is 24.6 Å². The molecule has 0 atom stereocenters. The fourth-order valence-electron chi connectivity index (χ4n) is 1.25. The van der Waals surface area contributed by atoms with E-state index in [1.807, 2.05) is 25.1 Å². The number of hydrogen-bond donors (Lipinski definition) is 0. The molecule has 1 heterocycles. The number of hydrogen-bond acceptors (Lipinski definition) is 2. The minimum atomic E-state index is -0.573. The highest BCUT2D eigenvalue weighted by atomic mass is 35.5. The number of nitrogens with zero attached hydrogens (tertiary/aromatic N) is 1. The van der Waals surface area contributed by atoms with Crippen molar-refractivity contribution in [2.24, 2.45) is 0 Å². The number of benzene rings is 1. The van der Waals surface area contributed by atoms with Gasteiger partial charge in [-0.2, -0.15) is 0 Å². The summed E-state index contributed by atoms with van der Waals surface area (Å²) >= 11 is 5.59. The Hall–Kier alpha value is -1.61. The maximum atomic E-state index is 13.4. The Kier molecular flexibility index (Phi) is 3.06. The van der Waals surface area contributed by atoms with Crippen LogP contribution in [-0.2, 0) is 0 Å². The molecule has 0 saturated heterocycles. The van der Waals surface area contributed by atoms with Crippen LogP contribution in [0.3, 0.4) is 0 Å². The Bertz CT molecular complexity index is 516. The van der Waals surface area contributed by atoms with Crippen molar-refractivity contribution in [2.45, 2.75) is 6.92 Å². The summed E-state index contributed by atoms with van der Waals surface area (Å²) in [5.41, 5.74) is 0.915. The van der Waals surface area contributed by atoms with E-state index in [-0.39, 0.29) is 10.9 Å². The molecule has 0 N–H and O–H groups in total. The van der Waals surface area contributed by atoms with Gasteiger partial charge in [-0.25, -0.2) is 9.37 Å². The maximum Gasteiger partial charge on any atom is 0.255 e. The average Bonchev–Trinajstić information content (AvgIpc) is 2.25. The lowest BCUT2D eigenvalue weighted by atomic mass is 10.2. The number of ether oxygens (including phenoxy) is 1. The first-order valence-corrected chi connectivity index (χ1v) is 5.09. The Morgan fingerprint density at radius 2 is 2.06 bits per heavy atom. The summed E-state index contributed by atoms with van der Waals surface area (Å²) in [4.78, 5) is 3.79. The van der Waals surface area contributed by atoms with Crippen LogP contribution in [0, 0.1) is 12.7 Å². The van der Waals surface area contributed by atoms with Crippen molar-refractivity contribution < 1.29 is 9.13 Å². The van der Waals surface area contributed by atoms with Crippen LogP contribution in [-0.4, -0.2) is 4.98 Å². The van der Waals surface area contributed by atoms with Crippen molar-refractivity contribution >= 4 is 11.6 Å². The molecule has 1 aromatic carbocycles. The van der Waals surface area contributed by atoms with E-state index in [4.69, 9.17) is 16.3 Å². The van der Waals surface area contributed by atoms with Crippen LogP contribution in [0.1, 0.15) is 5.56 Å². The maximum absolute atomic E-state index is 13.4. The highest BCUT2D eigenvalue weighted by Gasteiger charge is 2.08. The predicted octanol–water partition coefficient (Wildman–Crippen LogP) is 3.97. The second-order valence-corrected chi connectivity index (χ2v) is 3.74. The summed E-state index contributed by atoms with van der Waals surface area (Å²) < 4.78 is 18.7. The van der Waals surface area contributed by atoms with Crippen molar-refractivity contribution in [3.63, 3.8) is 0 Å². The summed E-state index contributed by atoms with van der Waals surface area (Å²) in [6.07, 6.45) is 1.35. The molecule has 0 aliphatic carbocycles. The van der Waals surface area contributed by atoms with Crippen LogP contribution in [0.2, 0.25) is 5.02 Å². The van der Waals surface area contributed by atoms with E-state index >= 15 is 0 Å². The number of para-hydroxylation sites is 1. The molecular weight excluding hydrogens is 229 g/mol. The van der Waals surface area contributed by atoms with E-state index in [2.05, 4.69) is 4.98 Å². The topological polar surface area (TPSA) is 22.1 Å². The quantitative estimate of drug-likeness (QED) is 0.788. The molecule has 1 aromatic heterocycles. The number of halogens is 2. The molecular formula is C12H9ClFNO. The third-order valence-corrected chi connectivity index (χ3v) is 2.28. The average molecular weight is 238 g/mol. The molecule has 16 heavy (non-hydrogen) atoms. The van der Waals surface area contributed by atoms with Crippen LogP contribution >= 0.6 is 11.6 Å². The highest BCUT2D eigenvalue weighted by molar-refractivity contribution is 6.30. The molecule has 82 valence electrons. The number of aromatic nitrogens is 1. The van der Waals surface area contributed by atoms with Crippen LogP contribution in [0.25, 0.3) is 0 Å². The minimum absolute atomic E-state index is 0.0706. The van der Waals surface area contributed by atoms with Gasteiger partial charge in [0.05, 0.1) is 5.02 Å². The van der Waals surface area contributed by atoms with Crippen LogP contribution in [0.15, 0.2) is 36.5 Å². The van der Waals surface area contributed by atoms with Gasteiger partial charge in [0.25, 0.3) is 5.88 Å². The summed E-state index contributed by atoms with van der Waals surface area (Å²) in [5, 5.41) is 0.245. The largest absolute Gasteiger partial charge is 0.436 e. The standard InChI is InChI=1S/C12H9ClFNO/c1-8-4-2-3-5-11(8)16-12-10(14)6-9(13)7-15-12/h2-7H,1H3. The van der Waals surface area contributed by atoms with E-state index in [1.165, 1.54) is 12.3 Å². The van der Waals surface area contributed by atoms with E-state index in [0.717, 1.165) is 5.56 Å². The van der Waals surface area contributed by atoms with Gasteiger partial charge >= 0.3 is 0 Å². The highest BCUT2D eigenvalue weighted by Crippen LogP contribution is 2.26. The second-order valence-electron chi connectivity index (χ2n) is 3.31. The molecule has 0 unspecified atom stereocenters. The Labute approximate surface area is 97.7 Å². The van der Waals surface area contributed by atoms with Crippen LogP contribution in [0.5, 0.6) is 11.6 Å². The van der Waals surface area contributed by atoms with Crippen molar-refractivity contribution in [2.75, 3.05) is 0 Å². The van der Waals surface area contributed by atoms with Crippen LogP contribution < -0.4 is 4.74 Å². The molecule has 0 amide bonds. The van der Waals surface area contributed by atoms with E-state index in [9.17, 15) is 4.39 Å². The zero-order valence-electron chi connectivity index (χ0n) is 8.58. The van der Waals surface area contributed by atoms with Crippen LogP contribution in [0.4, 0.5) is 4.39 Å². The lowest BCUT2D eigenvalue weighted by Crippen LogP contribution is -1.93. The number of rotatable bonds is 2. The summed E-state index contributed by atoms with van der Waals surface area (Å²) in [5.74, 6) is -0.0642. The molecule has 0 aliphatic rings. The molecule has 2 rings (SSSR count). The molecule has 0 aliphatic heterocycles. The van der Waals surface area contributed by atoms with Gasteiger partial charge in [-0.3, -0.25) is 0 Å². The van der Waals surface area contributed by atoms with E-state index in [0.29, 0.717) is 5.75 Å². The first kappa shape index (κ1) is 10.9. The fourth-order valence-corrected chi connectivity index (χ4v) is 1.40. The number of pyridine rings is 1. The number of aryl methyl sites for hydroxylation is 1. The SMILES string of the molecule is Cc1ccccc1Oc1ncc(Cl)cc1F. The zero-order chi connectivity index (χ0) is 11.5. The van der Waals surface area contributed by atoms with Gasteiger partial charge in [0.2, 0.25) is 0 Å². The van der Waals surface area contributed by atoms with Crippen molar-refractivity contribution in [3.8, 4) is 11.6 Å². The monoisotopic (exact) mass is 237 g/mol. The molecule has 2 nitrogen and oxygen atoms in total.